The number of halogens is 4. The van der Waals surface area contributed by atoms with Gasteiger partial charge in [-0.1, -0.05) is 11.6 Å². The van der Waals surface area contributed by atoms with Crippen LogP contribution in [0.15, 0.2) is 23.0 Å². The number of hydrogen-bond donors (Lipinski definition) is 2. The summed E-state index contributed by atoms with van der Waals surface area (Å²) in [4.78, 5) is 18.6. The van der Waals surface area contributed by atoms with Crippen LogP contribution in [-0.2, 0) is 19.0 Å². The molecule has 0 atom stereocenters. The fraction of sp³-hybridized carbons (Fsp3) is 0.286. The molecule has 0 aliphatic heterocycles. The summed E-state index contributed by atoms with van der Waals surface area (Å²) in [5, 5.41) is 2.76. The molecule has 1 heterocycles. The van der Waals surface area contributed by atoms with E-state index in [1.54, 1.807) is 0 Å². The fourth-order valence-corrected chi connectivity index (χ4v) is 2.59. The molecular weight excluding hydrogens is 319 g/mol. The molecule has 0 bridgehead atoms. The van der Waals surface area contributed by atoms with Crippen LogP contribution in [0.1, 0.15) is 23.2 Å². The normalized spacial score (nSPS) is 14.0. The van der Waals surface area contributed by atoms with Gasteiger partial charge in [-0.25, -0.2) is 4.98 Å². The van der Waals surface area contributed by atoms with Crippen LogP contribution in [0.5, 0.6) is 0 Å². The van der Waals surface area contributed by atoms with Gasteiger partial charge in [-0.2, -0.15) is 13.2 Å². The zero-order valence-corrected chi connectivity index (χ0v) is 12.0. The van der Waals surface area contributed by atoms with E-state index in [0.717, 1.165) is 24.6 Å². The number of alkyl halides is 3. The number of aromatic nitrogens is 2. The van der Waals surface area contributed by atoms with Crippen LogP contribution in [0.3, 0.4) is 0 Å². The van der Waals surface area contributed by atoms with Gasteiger partial charge in [-0.05, 0) is 37.5 Å². The Kier molecular flexibility index (Phi) is 3.60. The largest absolute Gasteiger partial charge is 0.416 e. The predicted octanol–water partition coefficient (Wildman–Crippen LogP) is 3.67. The molecule has 116 valence electrons. The van der Waals surface area contributed by atoms with E-state index in [0.29, 0.717) is 24.1 Å². The molecule has 2 N–H and O–H groups in total. The third-order valence-corrected chi connectivity index (χ3v) is 3.82. The molecule has 8 heteroatoms. The van der Waals surface area contributed by atoms with Gasteiger partial charge in [0.15, 0.2) is 0 Å². The Morgan fingerprint density at radius 3 is 2.77 bits per heavy atom. The topological polar surface area (TPSA) is 57.8 Å². The molecule has 1 aliphatic carbocycles. The summed E-state index contributed by atoms with van der Waals surface area (Å²) in [7, 11) is 0. The average Bonchev–Trinajstić information content (AvgIpc) is 2.89. The van der Waals surface area contributed by atoms with E-state index in [1.807, 2.05) is 0 Å². The highest BCUT2D eigenvalue weighted by Crippen LogP contribution is 2.34. The van der Waals surface area contributed by atoms with Crippen molar-refractivity contribution in [2.24, 2.45) is 0 Å². The standard InChI is InChI=1S/C14H11ClF3N3O/c15-9-5-4-7(14(16,17)18)6-11(9)20-13-19-10-3-1-2-8(10)12(22)21-13/h4-6H,1-3H2,(H2,19,20,21,22). The molecule has 22 heavy (non-hydrogen) atoms. The molecule has 3 rings (SSSR count). The van der Waals surface area contributed by atoms with Gasteiger partial charge in [0.1, 0.15) is 0 Å². The molecular formula is C14H11ClF3N3O. The molecule has 0 saturated carbocycles. The first-order valence-electron chi connectivity index (χ1n) is 6.60. The number of hydrogen-bond acceptors (Lipinski definition) is 3. The first-order chi connectivity index (χ1) is 10.3. The molecule has 0 amide bonds. The number of fused-ring (bicyclic) bond motifs is 1. The van der Waals surface area contributed by atoms with Crippen molar-refractivity contribution in [3.8, 4) is 0 Å². The summed E-state index contributed by atoms with van der Waals surface area (Å²) in [6, 6.07) is 2.93. The maximum Gasteiger partial charge on any atom is 0.416 e. The van der Waals surface area contributed by atoms with Crippen molar-refractivity contribution in [3.63, 3.8) is 0 Å². The lowest BCUT2D eigenvalue weighted by atomic mass is 10.2. The Labute approximate surface area is 128 Å². The summed E-state index contributed by atoms with van der Waals surface area (Å²) in [6.45, 7) is 0. The van der Waals surface area contributed by atoms with Crippen LogP contribution < -0.4 is 10.9 Å². The molecule has 1 aliphatic rings. The van der Waals surface area contributed by atoms with Crippen molar-refractivity contribution < 1.29 is 13.2 Å². The Balaban J connectivity index is 1.97. The third-order valence-electron chi connectivity index (χ3n) is 3.49. The number of rotatable bonds is 2. The predicted molar refractivity (Wildman–Crippen MR) is 76.6 cm³/mol. The lowest BCUT2D eigenvalue weighted by Crippen LogP contribution is -2.16. The van der Waals surface area contributed by atoms with Crippen molar-refractivity contribution in [2.45, 2.75) is 25.4 Å². The van der Waals surface area contributed by atoms with Crippen molar-refractivity contribution in [1.29, 1.82) is 0 Å². The number of nitrogens with one attached hydrogen (secondary N) is 2. The van der Waals surface area contributed by atoms with Gasteiger partial charge >= 0.3 is 6.18 Å². The zero-order chi connectivity index (χ0) is 15.9. The number of benzene rings is 1. The molecule has 2 aromatic rings. The monoisotopic (exact) mass is 329 g/mol. The number of nitrogens with zero attached hydrogens (tertiary/aromatic N) is 1. The van der Waals surface area contributed by atoms with E-state index in [1.165, 1.54) is 0 Å². The zero-order valence-electron chi connectivity index (χ0n) is 11.2. The molecule has 0 fully saturated rings. The molecule has 1 aromatic carbocycles. The minimum absolute atomic E-state index is 0.0394. The molecule has 0 saturated heterocycles. The highest BCUT2D eigenvalue weighted by molar-refractivity contribution is 6.33. The van der Waals surface area contributed by atoms with Crippen LogP contribution in [0, 0.1) is 0 Å². The van der Waals surface area contributed by atoms with Crippen molar-refractivity contribution in [2.75, 3.05) is 5.32 Å². The minimum Gasteiger partial charge on any atom is -0.324 e. The van der Waals surface area contributed by atoms with Gasteiger partial charge in [0.05, 0.1) is 22.0 Å². The maximum absolute atomic E-state index is 12.7. The highest BCUT2D eigenvalue weighted by atomic mass is 35.5. The fourth-order valence-electron chi connectivity index (χ4n) is 2.43. The summed E-state index contributed by atoms with van der Waals surface area (Å²) >= 11 is 5.90. The SMILES string of the molecule is O=c1[nH]c(Nc2cc(C(F)(F)F)ccc2Cl)nc2c1CCC2. The lowest BCUT2D eigenvalue weighted by molar-refractivity contribution is -0.137. The second kappa shape index (κ2) is 5.31. The molecule has 0 radical (unpaired) electrons. The lowest BCUT2D eigenvalue weighted by Gasteiger charge is -2.12. The highest BCUT2D eigenvalue weighted by Gasteiger charge is 2.31. The Hall–Kier alpha value is -2.02. The van der Waals surface area contributed by atoms with Crippen molar-refractivity contribution in [3.05, 3.63) is 50.4 Å². The van der Waals surface area contributed by atoms with Gasteiger partial charge in [0.2, 0.25) is 5.95 Å². The molecule has 0 spiro atoms. The second-order valence-electron chi connectivity index (χ2n) is 5.01. The Morgan fingerprint density at radius 1 is 1.27 bits per heavy atom. The smallest absolute Gasteiger partial charge is 0.324 e. The van der Waals surface area contributed by atoms with Gasteiger partial charge < -0.3 is 5.32 Å². The van der Waals surface area contributed by atoms with E-state index in [9.17, 15) is 18.0 Å². The molecule has 4 nitrogen and oxygen atoms in total. The van der Waals surface area contributed by atoms with E-state index in [4.69, 9.17) is 11.6 Å². The summed E-state index contributed by atoms with van der Waals surface area (Å²) < 4.78 is 38.2. The van der Waals surface area contributed by atoms with Gasteiger partial charge in [-0.3, -0.25) is 9.78 Å². The van der Waals surface area contributed by atoms with E-state index in [2.05, 4.69) is 15.3 Å². The minimum atomic E-state index is -4.47. The van der Waals surface area contributed by atoms with Crippen LogP contribution in [0.4, 0.5) is 24.8 Å². The first kappa shape index (κ1) is 14.9. The van der Waals surface area contributed by atoms with E-state index >= 15 is 0 Å². The van der Waals surface area contributed by atoms with E-state index < -0.39 is 11.7 Å². The first-order valence-corrected chi connectivity index (χ1v) is 6.98. The second-order valence-corrected chi connectivity index (χ2v) is 5.42. The number of anilines is 2. The van der Waals surface area contributed by atoms with Crippen LogP contribution >= 0.6 is 11.6 Å². The van der Waals surface area contributed by atoms with Crippen LogP contribution in [0.25, 0.3) is 0 Å². The average molecular weight is 330 g/mol. The summed E-state index contributed by atoms with van der Waals surface area (Å²) in [5.41, 5.74) is 0.253. The molecule has 1 aromatic heterocycles. The van der Waals surface area contributed by atoms with Crippen LogP contribution in [-0.4, -0.2) is 9.97 Å². The quantitative estimate of drug-likeness (QED) is 0.883. The van der Waals surface area contributed by atoms with Crippen molar-refractivity contribution >= 4 is 23.2 Å². The van der Waals surface area contributed by atoms with Gasteiger partial charge in [0, 0.05) is 5.56 Å². The number of aryl methyl sites for hydroxylation is 1. The summed E-state index contributed by atoms with van der Waals surface area (Å²) in [5.74, 6) is 0.0897. The maximum atomic E-state index is 12.7. The van der Waals surface area contributed by atoms with E-state index in [-0.39, 0.29) is 22.2 Å². The van der Waals surface area contributed by atoms with Gasteiger partial charge in [0.25, 0.3) is 5.56 Å². The molecule has 0 unspecified atom stereocenters. The van der Waals surface area contributed by atoms with Gasteiger partial charge in [-0.15, -0.1) is 0 Å². The number of aromatic amines is 1. The summed E-state index contributed by atoms with van der Waals surface area (Å²) in [6.07, 6.45) is -2.27. The van der Waals surface area contributed by atoms with Crippen molar-refractivity contribution in [1.82, 2.24) is 9.97 Å². The Bertz CT molecular complexity index is 786. The third kappa shape index (κ3) is 2.81. The number of H-pyrrole nitrogens is 1. The van der Waals surface area contributed by atoms with Crippen LogP contribution in [0.2, 0.25) is 5.02 Å². The Morgan fingerprint density at radius 2 is 2.05 bits per heavy atom.